The Morgan fingerprint density at radius 2 is 2.11 bits per heavy atom. The predicted molar refractivity (Wildman–Crippen MR) is 72.5 cm³/mol. The zero-order valence-electron chi connectivity index (χ0n) is 10.4. The van der Waals surface area contributed by atoms with Crippen molar-refractivity contribution in [3.63, 3.8) is 0 Å². The van der Waals surface area contributed by atoms with Crippen molar-refractivity contribution in [1.29, 1.82) is 0 Å². The summed E-state index contributed by atoms with van der Waals surface area (Å²) in [6.07, 6.45) is -0.180. The van der Waals surface area contributed by atoms with Gasteiger partial charge in [0.15, 0.2) is 0 Å². The molecule has 1 aromatic carbocycles. The lowest BCUT2D eigenvalue weighted by Crippen LogP contribution is -2.15. The number of halogens is 1. The van der Waals surface area contributed by atoms with Gasteiger partial charge in [-0.05, 0) is 19.1 Å². The van der Waals surface area contributed by atoms with E-state index in [0.29, 0.717) is 16.4 Å². The second-order valence-corrected chi connectivity index (χ2v) is 4.60. The molecule has 1 heterocycles. The molecule has 6 heteroatoms. The number of aliphatic carboxylic acids is 1. The molecule has 0 amide bonds. The molecule has 0 aliphatic carbocycles. The van der Waals surface area contributed by atoms with Crippen molar-refractivity contribution < 1.29 is 9.90 Å². The van der Waals surface area contributed by atoms with Crippen LogP contribution in [0.2, 0.25) is 5.15 Å². The first-order valence-electron chi connectivity index (χ1n) is 5.78. The molecule has 1 unspecified atom stereocenters. The van der Waals surface area contributed by atoms with Gasteiger partial charge in [-0.25, -0.2) is 4.68 Å². The van der Waals surface area contributed by atoms with Crippen LogP contribution in [0.5, 0.6) is 0 Å². The van der Waals surface area contributed by atoms with Crippen molar-refractivity contribution in [2.45, 2.75) is 19.4 Å². The van der Waals surface area contributed by atoms with E-state index in [-0.39, 0.29) is 6.42 Å². The third-order valence-electron chi connectivity index (χ3n) is 2.81. The molecule has 0 saturated heterocycles. The molecule has 0 bridgehead atoms. The first-order valence-corrected chi connectivity index (χ1v) is 6.16. The summed E-state index contributed by atoms with van der Waals surface area (Å²) >= 11 is 6.27. The van der Waals surface area contributed by atoms with Crippen LogP contribution in [0.3, 0.4) is 0 Å². The van der Waals surface area contributed by atoms with Crippen LogP contribution < -0.4 is 5.73 Å². The maximum atomic E-state index is 10.7. The van der Waals surface area contributed by atoms with Crippen molar-refractivity contribution in [2.75, 3.05) is 0 Å². The third kappa shape index (κ3) is 2.77. The highest BCUT2D eigenvalue weighted by atomic mass is 35.5. The molecule has 2 aromatic rings. The molecule has 0 saturated carbocycles. The second kappa shape index (κ2) is 5.42. The molecule has 3 N–H and O–H groups in total. The van der Waals surface area contributed by atoms with Crippen molar-refractivity contribution in [3.8, 4) is 5.69 Å². The summed E-state index contributed by atoms with van der Waals surface area (Å²) in [5.74, 6) is -0.963. The van der Waals surface area contributed by atoms with E-state index in [1.807, 2.05) is 30.3 Å². The van der Waals surface area contributed by atoms with Crippen LogP contribution in [0.25, 0.3) is 5.69 Å². The van der Waals surface area contributed by atoms with E-state index in [9.17, 15) is 4.79 Å². The standard InChI is InChI=1S/C13H14ClN3O2/c1-8-12(10(15)7-11(18)19)13(14)17(16-8)9-5-3-2-4-6-9/h2-6,10H,7,15H2,1H3,(H,18,19). The minimum absolute atomic E-state index is 0.180. The van der Waals surface area contributed by atoms with Gasteiger partial charge in [-0.1, -0.05) is 29.8 Å². The molecule has 0 aliphatic heterocycles. The summed E-state index contributed by atoms with van der Waals surface area (Å²) in [4.78, 5) is 10.7. The average Bonchev–Trinajstić information content (AvgIpc) is 2.65. The molecular weight excluding hydrogens is 266 g/mol. The summed E-state index contributed by atoms with van der Waals surface area (Å²) in [5.41, 5.74) is 7.90. The smallest absolute Gasteiger partial charge is 0.305 e. The number of carbonyl (C=O) groups is 1. The van der Waals surface area contributed by atoms with E-state index in [1.165, 1.54) is 0 Å². The number of rotatable bonds is 4. The van der Waals surface area contributed by atoms with Gasteiger partial charge >= 0.3 is 5.97 Å². The number of carboxylic acid groups (broad SMARTS) is 1. The Kier molecular flexibility index (Phi) is 3.87. The lowest BCUT2D eigenvalue weighted by Gasteiger charge is -2.09. The van der Waals surface area contributed by atoms with Crippen LogP contribution in [0.15, 0.2) is 30.3 Å². The zero-order chi connectivity index (χ0) is 14.0. The van der Waals surface area contributed by atoms with Gasteiger partial charge in [-0.2, -0.15) is 5.10 Å². The number of aromatic nitrogens is 2. The monoisotopic (exact) mass is 279 g/mol. The molecule has 0 radical (unpaired) electrons. The summed E-state index contributed by atoms with van der Waals surface area (Å²) in [6.45, 7) is 1.77. The van der Waals surface area contributed by atoms with E-state index in [4.69, 9.17) is 22.4 Å². The van der Waals surface area contributed by atoms with Gasteiger partial charge < -0.3 is 10.8 Å². The van der Waals surface area contributed by atoms with Gasteiger partial charge in [-0.15, -0.1) is 0 Å². The Bertz CT molecular complexity index is 595. The molecule has 1 aromatic heterocycles. The van der Waals surface area contributed by atoms with Crippen LogP contribution in [-0.2, 0) is 4.79 Å². The lowest BCUT2D eigenvalue weighted by molar-refractivity contribution is -0.137. The number of hydrogen-bond acceptors (Lipinski definition) is 3. The average molecular weight is 280 g/mol. The fourth-order valence-corrected chi connectivity index (χ4v) is 2.38. The minimum Gasteiger partial charge on any atom is -0.481 e. The maximum absolute atomic E-state index is 10.7. The van der Waals surface area contributed by atoms with Crippen LogP contribution in [0, 0.1) is 6.92 Å². The van der Waals surface area contributed by atoms with E-state index < -0.39 is 12.0 Å². The second-order valence-electron chi connectivity index (χ2n) is 4.24. The molecule has 100 valence electrons. The Hall–Kier alpha value is -1.85. The molecule has 0 aliphatic rings. The van der Waals surface area contributed by atoms with E-state index in [2.05, 4.69) is 5.10 Å². The summed E-state index contributed by atoms with van der Waals surface area (Å²) < 4.78 is 1.56. The zero-order valence-corrected chi connectivity index (χ0v) is 11.1. The van der Waals surface area contributed by atoms with E-state index >= 15 is 0 Å². The molecule has 0 spiro atoms. The van der Waals surface area contributed by atoms with Crippen molar-refractivity contribution in [2.24, 2.45) is 5.73 Å². The van der Waals surface area contributed by atoms with Crippen molar-refractivity contribution in [1.82, 2.24) is 9.78 Å². The Balaban J connectivity index is 2.43. The molecule has 0 fully saturated rings. The predicted octanol–water partition coefficient (Wildman–Crippen LogP) is 2.31. The fourth-order valence-electron chi connectivity index (χ4n) is 1.96. The number of hydrogen-bond donors (Lipinski definition) is 2. The Morgan fingerprint density at radius 1 is 1.47 bits per heavy atom. The van der Waals surface area contributed by atoms with Gasteiger partial charge in [0.2, 0.25) is 0 Å². The quantitative estimate of drug-likeness (QED) is 0.900. The molecule has 5 nitrogen and oxygen atoms in total. The normalized spacial score (nSPS) is 12.4. The van der Waals surface area contributed by atoms with Crippen molar-refractivity contribution >= 4 is 17.6 Å². The molecular formula is C13H14ClN3O2. The van der Waals surface area contributed by atoms with Gasteiger partial charge in [0, 0.05) is 11.6 Å². The number of nitrogens with zero attached hydrogens (tertiary/aromatic N) is 2. The Labute approximate surface area is 115 Å². The Morgan fingerprint density at radius 3 is 2.68 bits per heavy atom. The number of aryl methyl sites for hydroxylation is 1. The first-order chi connectivity index (χ1) is 9.00. The summed E-state index contributed by atoms with van der Waals surface area (Å²) in [6, 6.07) is 8.71. The highest BCUT2D eigenvalue weighted by Gasteiger charge is 2.22. The van der Waals surface area contributed by atoms with Gasteiger partial charge in [-0.3, -0.25) is 4.79 Å². The number of carboxylic acids is 1. The van der Waals surface area contributed by atoms with E-state index in [1.54, 1.807) is 11.6 Å². The van der Waals surface area contributed by atoms with Crippen LogP contribution in [-0.4, -0.2) is 20.9 Å². The number of para-hydroxylation sites is 1. The molecule has 19 heavy (non-hydrogen) atoms. The number of benzene rings is 1. The highest BCUT2D eigenvalue weighted by molar-refractivity contribution is 6.30. The van der Waals surface area contributed by atoms with Gasteiger partial charge in [0.05, 0.1) is 17.8 Å². The summed E-state index contributed by atoms with van der Waals surface area (Å²) in [7, 11) is 0. The van der Waals surface area contributed by atoms with Crippen molar-refractivity contribution in [3.05, 3.63) is 46.7 Å². The van der Waals surface area contributed by atoms with Crippen LogP contribution in [0.1, 0.15) is 23.7 Å². The first kappa shape index (κ1) is 13.6. The topological polar surface area (TPSA) is 81.1 Å². The third-order valence-corrected chi connectivity index (χ3v) is 3.18. The van der Waals surface area contributed by atoms with E-state index in [0.717, 1.165) is 5.69 Å². The minimum atomic E-state index is -0.963. The lowest BCUT2D eigenvalue weighted by atomic mass is 10.1. The van der Waals surface area contributed by atoms with Gasteiger partial charge in [0.25, 0.3) is 0 Å². The van der Waals surface area contributed by atoms with Crippen LogP contribution >= 0.6 is 11.6 Å². The van der Waals surface area contributed by atoms with Gasteiger partial charge in [0.1, 0.15) is 5.15 Å². The molecule has 2 rings (SSSR count). The maximum Gasteiger partial charge on any atom is 0.305 e. The summed E-state index contributed by atoms with van der Waals surface area (Å²) in [5, 5.41) is 13.5. The fraction of sp³-hybridized carbons (Fsp3) is 0.231. The highest BCUT2D eigenvalue weighted by Crippen LogP contribution is 2.29. The number of nitrogens with two attached hydrogens (primary N) is 1. The van der Waals surface area contributed by atoms with Crippen LogP contribution in [0.4, 0.5) is 0 Å². The molecule has 1 atom stereocenters. The largest absolute Gasteiger partial charge is 0.481 e. The SMILES string of the molecule is Cc1nn(-c2ccccc2)c(Cl)c1C(N)CC(=O)O.